The fourth-order valence-corrected chi connectivity index (χ4v) is 3.41. The molecule has 1 aromatic carbocycles. The molecular weight excluding hydrogens is 264 g/mol. The summed E-state index contributed by atoms with van der Waals surface area (Å²) < 4.78 is 10.8. The number of nitrogens with two attached hydrogens (primary N) is 1. The molecule has 2 aromatic rings. The predicted molar refractivity (Wildman–Crippen MR) is 83.4 cm³/mol. The summed E-state index contributed by atoms with van der Waals surface area (Å²) in [4.78, 5) is 0. The number of ether oxygens (including phenoxy) is 1. The molecule has 4 heteroatoms. The molecule has 0 saturated heterocycles. The zero-order valence-electron chi connectivity index (χ0n) is 12.8. The zero-order chi connectivity index (χ0) is 15.0. The topological polar surface area (TPSA) is 61.3 Å². The normalized spacial score (nSPS) is 21.7. The van der Waals surface area contributed by atoms with E-state index in [0.29, 0.717) is 17.7 Å². The second-order valence-electron chi connectivity index (χ2n) is 6.03. The van der Waals surface area contributed by atoms with Crippen molar-refractivity contribution < 1.29 is 9.26 Å². The highest BCUT2D eigenvalue weighted by Gasteiger charge is 2.32. The van der Waals surface area contributed by atoms with Crippen LogP contribution in [-0.2, 0) is 0 Å². The maximum Gasteiger partial charge on any atom is 0.230 e. The summed E-state index contributed by atoms with van der Waals surface area (Å²) >= 11 is 0. The van der Waals surface area contributed by atoms with Crippen molar-refractivity contribution in [1.82, 2.24) is 5.16 Å². The van der Waals surface area contributed by atoms with Crippen molar-refractivity contribution in [2.45, 2.75) is 39.0 Å². The van der Waals surface area contributed by atoms with E-state index in [4.69, 9.17) is 15.0 Å². The van der Waals surface area contributed by atoms with Crippen LogP contribution in [0.5, 0.6) is 5.75 Å². The van der Waals surface area contributed by atoms with E-state index in [9.17, 15) is 0 Å². The molecule has 0 spiro atoms. The number of hydrogen-bond donors (Lipinski definition) is 1. The summed E-state index contributed by atoms with van der Waals surface area (Å²) in [6.45, 7) is 4.34. The molecule has 1 saturated carbocycles. The van der Waals surface area contributed by atoms with Crippen molar-refractivity contribution >= 4 is 5.88 Å². The molecule has 2 unspecified atom stereocenters. The van der Waals surface area contributed by atoms with Crippen LogP contribution in [0, 0.1) is 12.8 Å². The zero-order valence-corrected chi connectivity index (χ0v) is 12.8. The average molecular weight is 286 g/mol. The van der Waals surface area contributed by atoms with Crippen LogP contribution < -0.4 is 10.5 Å². The highest BCUT2D eigenvalue weighted by Crippen LogP contribution is 2.46. The van der Waals surface area contributed by atoms with Gasteiger partial charge in [0.05, 0.1) is 18.4 Å². The van der Waals surface area contributed by atoms with Gasteiger partial charge in [-0.25, -0.2) is 0 Å². The molecular formula is C17H22N2O2. The van der Waals surface area contributed by atoms with Crippen LogP contribution in [0.15, 0.2) is 22.7 Å². The highest BCUT2D eigenvalue weighted by molar-refractivity contribution is 5.80. The summed E-state index contributed by atoms with van der Waals surface area (Å²) in [5.74, 6) is 2.23. The lowest BCUT2D eigenvalue weighted by atomic mass is 9.89. The molecule has 1 heterocycles. The molecule has 0 radical (unpaired) electrons. The standard InChI is InChI=1S/C17H22N2O2/c1-10-7-8-14(20-3)13(9-10)15-16(19-21-17(15)18)12-6-4-5-11(12)2/h7-9,11-12H,4-6,18H2,1-3H3. The molecule has 1 fully saturated rings. The molecule has 112 valence electrons. The first-order chi connectivity index (χ1) is 10.1. The number of aryl methyl sites for hydroxylation is 1. The van der Waals surface area contributed by atoms with Gasteiger partial charge in [0.15, 0.2) is 0 Å². The van der Waals surface area contributed by atoms with Gasteiger partial charge in [-0.15, -0.1) is 0 Å². The van der Waals surface area contributed by atoms with Gasteiger partial charge in [-0.1, -0.05) is 36.6 Å². The third-order valence-electron chi connectivity index (χ3n) is 4.58. The number of methoxy groups -OCH3 is 1. The van der Waals surface area contributed by atoms with Gasteiger partial charge >= 0.3 is 0 Å². The van der Waals surface area contributed by atoms with Crippen molar-refractivity contribution in [1.29, 1.82) is 0 Å². The Morgan fingerprint density at radius 2 is 2.14 bits per heavy atom. The molecule has 2 N–H and O–H groups in total. The van der Waals surface area contributed by atoms with E-state index in [2.05, 4.69) is 25.1 Å². The smallest absolute Gasteiger partial charge is 0.230 e. The third kappa shape index (κ3) is 2.39. The molecule has 1 aliphatic carbocycles. The molecule has 0 aliphatic heterocycles. The quantitative estimate of drug-likeness (QED) is 0.921. The summed E-state index contributed by atoms with van der Waals surface area (Å²) in [6.07, 6.45) is 3.62. The van der Waals surface area contributed by atoms with Crippen LogP contribution in [0.1, 0.15) is 43.4 Å². The van der Waals surface area contributed by atoms with E-state index in [1.54, 1.807) is 7.11 Å². The van der Waals surface area contributed by atoms with Gasteiger partial charge in [0.1, 0.15) is 5.75 Å². The Hall–Kier alpha value is -1.97. The Bertz CT molecular complexity index is 648. The Morgan fingerprint density at radius 1 is 1.33 bits per heavy atom. The largest absolute Gasteiger partial charge is 0.496 e. The van der Waals surface area contributed by atoms with Gasteiger partial charge in [0.2, 0.25) is 5.88 Å². The summed E-state index contributed by atoms with van der Waals surface area (Å²) in [7, 11) is 1.68. The summed E-state index contributed by atoms with van der Waals surface area (Å²) in [5.41, 5.74) is 10.1. The molecule has 21 heavy (non-hydrogen) atoms. The minimum absolute atomic E-state index is 0.382. The number of aromatic nitrogens is 1. The Labute approximate surface area is 125 Å². The molecule has 2 atom stereocenters. The Balaban J connectivity index is 2.14. The van der Waals surface area contributed by atoms with E-state index in [0.717, 1.165) is 34.6 Å². The van der Waals surface area contributed by atoms with Gasteiger partial charge in [-0.2, -0.15) is 0 Å². The second-order valence-corrected chi connectivity index (χ2v) is 6.03. The fraction of sp³-hybridized carbons (Fsp3) is 0.471. The Morgan fingerprint density at radius 3 is 2.81 bits per heavy atom. The van der Waals surface area contributed by atoms with Gasteiger partial charge in [0.25, 0.3) is 0 Å². The maximum absolute atomic E-state index is 6.08. The van der Waals surface area contributed by atoms with Crippen LogP contribution in [0.2, 0.25) is 0 Å². The molecule has 3 rings (SSSR count). The lowest BCUT2D eigenvalue weighted by molar-refractivity contribution is 0.407. The van der Waals surface area contributed by atoms with Crippen LogP contribution >= 0.6 is 0 Å². The van der Waals surface area contributed by atoms with Gasteiger partial charge in [0, 0.05) is 11.5 Å². The van der Waals surface area contributed by atoms with Gasteiger partial charge in [-0.05, 0) is 31.4 Å². The minimum atomic E-state index is 0.382. The second kappa shape index (κ2) is 5.43. The number of nitrogen functional groups attached to an aromatic ring is 1. The lowest BCUT2D eigenvalue weighted by Crippen LogP contribution is -2.05. The van der Waals surface area contributed by atoms with Crippen molar-refractivity contribution in [3.63, 3.8) is 0 Å². The van der Waals surface area contributed by atoms with Crippen molar-refractivity contribution in [2.24, 2.45) is 5.92 Å². The van der Waals surface area contributed by atoms with Gasteiger partial charge in [-0.3, -0.25) is 0 Å². The summed E-state index contributed by atoms with van der Waals surface area (Å²) in [6, 6.07) is 6.09. The average Bonchev–Trinajstić information content (AvgIpc) is 3.04. The maximum atomic E-state index is 6.08. The van der Waals surface area contributed by atoms with Crippen LogP contribution in [0.25, 0.3) is 11.1 Å². The SMILES string of the molecule is COc1ccc(C)cc1-c1c(C2CCCC2C)noc1N. The Kier molecular flexibility index (Phi) is 3.62. The predicted octanol–water partition coefficient (Wildman–Crippen LogP) is 4.14. The van der Waals surface area contributed by atoms with Crippen LogP contribution in [-0.4, -0.2) is 12.3 Å². The highest BCUT2D eigenvalue weighted by atomic mass is 16.5. The van der Waals surface area contributed by atoms with Crippen molar-refractivity contribution in [3.05, 3.63) is 29.5 Å². The minimum Gasteiger partial charge on any atom is -0.496 e. The number of rotatable bonds is 3. The number of benzene rings is 1. The first-order valence-electron chi connectivity index (χ1n) is 7.52. The van der Waals surface area contributed by atoms with Crippen molar-refractivity contribution in [2.75, 3.05) is 12.8 Å². The molecule has 1 aliphatic rings. The van der Waals surface area contributed by atoms with Gasteiger partial charge < -0.3 is 15.0 Å². The lowest BCUT2D eigenvalue weighted by Gasteiger charge is -2.15. The number of anilines is 1. The van der Waals surface area contributed by atoms with Crippen LogP contribution in [0.3, 0.4) is 0 Å². The first-order valence-corrected chi connectivity index (χ1v) is 7.52. The third-order valence-corrected chi connectivity index (χ3v) is 4.58. The summed E-state index contributed by atoms with van der Waals surface area (Å²) in [5, 5.41) is 4.27. The van der Waals surface area contributed by atoms with E-state index in [1.807, 2.05) is 12.1 Å². The molecule has 4 nitrogen and oxygen atoms in total. The van der Waals surface area contributed by atoms with E-state index in [-0.39, 0.29) is 0 Å². The van der Waals surface area contributed by atoms with E-state index >= 15 is 0 Å². The monoisotopic (exact) mass is 286 g/mol. The molecule has 0 amide bonds. The van der Waals surface area contributed by atoms with E-state index in [1.165, 1.54) is 12.8 Å². The van der Waals surface area contributed by atoms with E-state index < -0.39 is 0 Å². The molecule has 1 aromatic heterocycles. The number of hydrogen-bond acceptors (Lipinski definition) is 4. The fourth-order valence-electron chi connectivity index (χ4n) is 3.41. The number of nitrogens with zero attached hydrogens (tertiary/aromatic N) is 1. The van der Waals surface area contributed by atoms with Crippen LogP contribution in [0.4, 0.5) is 5.88 Å². The first kappa shape index (κ1) is 14.0. The van der Waals surface area contributed by atoms with Crippen molar-refractivity contribution in [3.8, 4) is 16.9 Å². The molecule has 0 bridgehead atoms.